The van der Waals surface area contributed by atoms with Gasteiger partial charge in [-0.1, -0.05) is 0 Å². The zero-order valence-electron chi connectivity index (χ0n) is 8.11. The summed E-state index contributed by atoms with van der Waals surface area (Å²) in [5.74, 6) is 6.97. The van der Waals surface area contributed by atoms with E-state index < -0.39 is 0 Å². The van der Waals surface area contributed by atoms with E-state index in [0.717, 1.165) is 31.8 Å². The van der Waals surface area contributed by atoms with Crippen molar-refractivity contribution in [3.63, 3.8) is 0 Å². The van der Waals surface area contributed by atoms with Crippen LogP contribution in [-0.2, 0) is 4.74 Å². The third-order valence-electron chi connectivity index (χ3n) is 2.77. The second-order valence-electron chi connectivity index (χ2n) is 3.61. The number of nitrogens with one attached hydrogen (secondary N) is 1. The predicted octanol–water partition coefficient (Wildman–Crippen LogP) is 1.21. The lowest BCUT2D eigenvalue weighted by Crippen LogP contribution is -2.35. The average molecular weight is 196 g/mol. The highest BCUT2D eigenvalue weighted by Gasteiger charge is 2.26. The summed E-state index contributed by atoms with van der Waals surface area (Å²) in [6.45, 7) is 1.65. The number of rotatable bonds is 3. The van der Waals surface area contributed by atoms with Crippen LogP contribution in [0.15, 0.2) is 22.8 Å². The van der Waals surface area contributed by atoms with Gasteiger partial charge in [0.2, 0.25) is 0 Å². The lowest BCUT2D eigenvalue weighted by Gasteiger charge is -2.28. The van der Waals surface area contributed by atoms with E-state index in [0.29, 0.717) is 5.92 Å². The van der Waals surface area contributed by atoms with E-state index >= 15 is 0 Å². The van der Waals surface area contributed by atoms with Gasteiger partial charge in [0.05, 0.1) is 12.3 Å². The molecule has 2 heterocycles. The van der Waals surface area contributed by atoms with Crippen molar-refractivity contribution in [2.24, 2.45) is 11.8 Å². The van der Waals surface area contributed by atoms with Crippen molar-refractivity contribution in [2.75, 3.05) is 13.2 Å². The van der Waals surface area contributed by atoms with Gasteiger partial charge in [-0.3, -0.25) is 5.84 Å². The fourth-order valence-corrected chi connectivity index (χ4v) is 1.97. The molecule has 4 nitrogen and oxygen atoms in total. The second kappa shape index (κ2) is 4.59. The summed E-state index contributed by atoms with van der Waals surface area (Å²) in [5, 5.41) is 0. The standard InChI is InChI=1S/C10H16N2O2/c11-12-10(9-2-1-5-14-9)8-3-6-13-7-4-8/h1-2,5,8,10,12H,3-4,6-7,11H2. The Kier molecular flexibility index (Phi) is 3.18. The van der Waals surface area contributed by atoms with Crippen LogP contribution in [0.25, 0.3) is 0 Å². The van der Waals surface area contributed by atoms with Crippen LogP contribution in [0.2, 0.25) is 0 Å². The van der Waals surface area contributed by atoms with Gasteiger partial charge < -0.3 is 9.15 Å². The van der Waals surface area contributed by atoms with Crippen molar-refractivity contribution in [3.8, 4) is 0 Å². The minimum absolute atomic E-state index is 0.119. The number of nitrogens with two attached hydrogens (primary N) is 1. The molecule has 0 radical (unpaired) electrons. The van der Waals surface area contributed by atoms with Gasteiger partial charge in [-0.2, -0.15) is 0 Å². The maximum absolute atomic E-state index is 5.54. The minimum atomic E-state index is 0.119. The average Bonchev–Trinajstić information content (AvgIpc) is 2.74. The molecule has 1 fully saturated rings. The molecular weight excluding hydrogens is 180 g/mol. The van der Waals surface area contributed by atoms with E-state index in [1.165, 1.54) is 0 Å². The van der Waals surface area contributed by atoms with Gasteiger partial charge in [-0.15, -0.1) is 0 Å². The topological polar surface area (TPSA) is 60.4 Å². The highest BCUT2D eigenvalue weighted by molar-refractivity contribution is 5.05. The van der Waals surface area contributed by atoms with Crippen LogP contribution in [-0.4, -0.2) is 13.2 Å². The molecule has 1 aromatic rings. The van der Waals surface area contributed by atoms with Crippen LogP contribution >= 0.6 is 0 Å². The monoisotopic (exact) mass is 196 g/mol. The number of hydrogen-bond acceptors (Lipinski definition) is 4. The molecule has 1 saturated heterocycles. The SMILES string of the molecule is NNC(c1ccco1)C1CCOCC1. The third-order valence-corrected chi connectivity index (χ3v) is 2.77. The Balaban J connectivity index is 2.04. The molecule has 3 N–H and O–H groups in total. The van der Waals surface area contributed by atoms with Crippen LogP contribution in [0.1, 0.15) is 24.6 Å². The number of furan rings is 1. The lowest BCUT2D eigenvalue weighted by molar-refractivity contribution is 0.0506. The first-order valence-corrected chi connectivity index (χ1v) is 4.99. The molecule has 0 amide bonds. The molecule has 0 spiro atoms. The Bertz CT molecular complexity index is 255. The molecule has 1 atom stereocenters. The molecular formula is C10H16N2O2. The Labute approximate surface area is 83.4 Å². The van der Waals surface area contributed by atoms with Gasteiger partial charge in [-0.05, 0) is 30.9 Å². The van der Waals surface area contributed by atoms with Crippen LogP contribution in [0.5, 0.6) is 0 Å². The minimum Gasteiger partial charge on any atom is -0.468 e. The summed E-state index contributed by atoms with van der Waals surface area (Å²) in [4.78, 5) is 0. The van der Waals surface area contributed by atoms with Crippen molar-refractivity contribution < 1.29 is 9.15 Å². The molecule has 2 rings (SSSR count). The molecule has 0 bridgehead atoms. The Morgan fingerprint density at radius 3 is 2.79 bits per heavy atom. The Morgan fingerprint density at radius 1 is 1.43 bits per heavy atom. The summed E-state index contributed by atoms with van der Waals surface area (Å²) < 4.78 is 10.7. The summed E-state index contributed by atoms with van der Waals surface area (Å²) >= 11 is 0. The van der Waals surface area contributed by atoms with E-state index in [1.54, 1.807) is 6.26 Å². The van der Waals surface area contributed by atoms with Gasteiger partial charge >= 0.3 is 0 Å². The van der Waals surface area contributed by atoms with Gasteiger partial charge in [0.25, 0.3) is 0 Å². The highest BCUT2D eigenvalue weighted by Crippen LogP contribution is 2.29. The molecule has 0 aliphatic carbocycles. The maximum atomic E-state index is 5.54. The summed E-state index contributed by atoms with van der Waals surface area (Å²) in [5.41, 5.74) is 2.82. The third kappa shape index (κ3) is 1.97. The van der Waals surface area contributed by atoms with Crippen molar-refractivity contribution in [3.05, 3.63) is 24.2 Å². The Morgan fingerprint density at radius 2 is 2.21 bits per heavy atom. The van der Waals surface area contributed by atoms with E-state index in [2.05, 4.69) is 5.43 Å². The zero-order chi connectivity index (χ0) is 9.80. The number of ether oxygens (including phenoxy) is 1. The molecule has 78 valence electrons. The fourth-order valence-electron chi connectivity index (χ4n) is 1.97. The first kappa shape index (κ1) is 9.71. The molecule has 1 aromatic heterocycles. The molecule has 1 unspecified atom stereocenters. The quantitative estimate of drug-likeness (QED) is 0.563. The van der Waals surface area contributed by atoms with Crippen molar-refractivity contribution in [1.82, 2.24) is 5.43 Å². The van der Waals surface area contributed by atoms with E-state index in [9.17, 15) is 0 Å². The van der Waals surface area contributed by atoms with Crippen molar-refractivity contribution in [1.29, 1.82) is 0 Å². The molecule has 0 aromatic carbocycles. The number of hydrazine groups is 1. The maximum Gasteiger partial charge on any atom is 0.122 e. The smallest absolute Gasteiger partial charge is 0.122 e. The van der Waals surface area contributed by atoms with Crippen molar-refractivity contribution >= 4 is 0 Å². The summed E-state index contributed by atoms with van der Waals surface area (Å²) in [7, 11) is 0. The zero-order valence-corrected chi connectivity index (χ0v) is 8.11. The highest BCUT2D eigenvalue weighted by atomic mass is 16.5. The second-order valence-corrected chi connectivity index (χ2v) is 3.61. The molecule has 4 heteroatoms. The molecule has 14 heavy (non-hydrogen) atoms. The van der Waals surface area contributed by atoms with Crippen LogP contribution in [0.4, 0.5) is 0 Å². The van der Waals surface area contributed by atoms with E-state index in [1.807, 2.05) is 12.1 Å². The van der Waals surface area contributed by atoms with Crippen LogP contribution < -0.4 is 11.3 Å². The normalized spacial score (nSPS) is 20.9. The van der Waals surface area contributed by atoms with Crippen LogP contribution in [0, 0.1) is 5.92 Å². The first-order valence-electron chi connectivity index (χ1n) is 4.99. The molecule has 0 saturated carbocycles. The lowest BCUT2D eigenvalue weighted by atomic mass is 9.91. The van der Waals surface area contributed by atoms with Crippen molar-refractivity contribution in [2.45, 2.75) is 18.9 Å². The fraction of sp³-hybridized carbons (Fsp3) is 0.600. The Hall–Kier alpha value is -0.840. The molecule has 1 aliphatic rings. The van der Waals surface area contributed by atoms with Gasteiger partial charge in [0, 0.05) is 13.2 Å². The predicted molar refractivity (Wildman–Crippen MR) is 52.3 cm³/mol. The van der Waals surface area contributed by atoms with Crippen LogP contribution in [0.3, 0.4) is 0 Å². The van der Waals surface area contributed by atoms with E-state index in [-0.39, 0.29) is 6.04 Å². The largest absolute Gasteiger partial charge is 0.468 e. The summed E-state index contributed by atoms with van der Waals surface area (Å²) in [6.07, 6.45) is 3.75. The summed E-state index contributed by atoms with van der Waals surface area (Å²) in [6, 6.07) is 3.97. The van der Waals surface area contributed by atoms with Gasteiger partial charge in [0.15, 0.2) is 0 Å². The first-order chi connectivity index (χ1) is 6.92. The van der Waals surface area contributed by atoms with Gasteiger partial charge in [0.1, 0.15) is 5.76 Å². The van der Waals surface area contributed by atoms with E-state index in [4.69, 9.17) is 15.0 Å². The number of hydrogen-bond donors (Lipinski definition) is 2. The molecule has 1 aliphatic heterocycles. The van der Waals surface area contributed by atoms with Gasteiger partial charge in [-0.25, -0.2) is 5.43 Å².